The van der Waals surface area contributed by atoms with Gasteiger partial charge in [-0.25, -0.2) is 9.97 Å². The molecule has 2 aromatic carbocycles. The predicted octanol–water partition coefficient (Wildman–Crippen LogP) is 4.22. The van der Waals surface area contributed by atoms with Crippen molar-refractivity contribution in [3.05, 3.63) is 95.9 Å². The zero-order valence-electron chi connectivity index (χ0n) is 14.8. The quantitative estimate of drug-likeness (QED) is 0.542. The largest absolute Gasteiger partial charge is 0.489 e. The Morgan fingerprint density at radius 3 is 2.44 bits per heavy atom. The van der Waals surface area contributed by atoms with E-state index in [1.54, 1.807) is 6.20 Å². The normalized spacial score (nSPS) is 10.7. The summed E-state index contributed by atoms with van der Waals surface area (Å²) in [6, 6.07) is 22.0. The van der Waals surface area contributed by atoms with Crippen LogP contribution in [-0.2, 0) is 13.0 Å². The van der Waals surface area contributed by atoms with E-state index in [4.69, 9.17) is 10.5 Å². The predicted molar refractivity (Wildman–Crippen MR) is 106 cm³/mol. The fourth-order valence-electron chi connectivity index (χ4n) is 2.87. The molecule has 0 aliphatic heterocycles. The molecule has 5 heteroatoms. The van der Waals surface area contributed by atoms with Crippen LogP contribution in [0.15, 0.2) is 79.1 Å². The first-order chi connectivity index (χ1) is 13.3. The zero-order chi connectivity index (χ0) is 18.5. The summed E-state index contributed by atoms with van der Waals surface area (Å²) in [6.45, 7) is 0.566. The van der Waals surface area contributed by atoms with Crippen LogP contribution >= 0.6 is 0 Å². The van der Waals surface area contributed by atoms with Gasteiger partial charge < -0.3 is 15.5 Å². The molecule has 0 bridgehead atoms. The number of aromatic amines is 1. The van der Waals surface area contributed by atoms with Crippen LogP contribution < -0.4 is 10.5 Å². The summed E-state index contributed by atoms with van der Waals surface area (Å²) in [4.78, 5) is 11.8. The lowest BCUT2D eigenvalue weighted by Gasteiger charge is -2.07. The fraction of sp³-hybridized carbons (Fsp3) is 0.0909. The second-order valence-corrected chi connectivity index (χ2v) is 6.29. The summed E-state index contributed by atoms with van der Waals surface area (Å²) in [5, 5.41) is 0. The first-order valence-electron chi connectivity index (χ1n) is 8.78. The Kier molecular flexibility index (Phi) is 4.83. The summed E-state index contributed by atoms with van der Waals surface area (Å²) in [5.74, 6) is 2.06. The Balaban J connectivity index is 1.39. The molecule has 0 saturated heterocycles. The van der Waals surface area contributed by atoms with Crippen molar-refractivity contribution in [2.24, 2.45) is 0 Å². The van der Waals surface area contributed by atoms with Gasteiger partial charge in [-0.3, -0.25) is 0 Å². The molecule has 0 saturated carbocycles. The molecule has 0 unspecified atom stereocenters. The minimum absolute atomic E-state index is 0.471. The molecule has 134 valence electrons. The van der Waals surface area contributed by atoms with E-state index in [0.717, 1.165) is 34.8 Å². The molecule has 4 aromatic rings. The lowest BCUT2D eigenvalue weighted by atomic mass is 10.1. The zero-order valence-corrected chi connectivity index (χ0v) is 14.8. The molecule has 0 aliphatic rings. The van der Waals surface area contributed by atoms with E-state index in [2.05, 4.69) is 39.2 Å². The highest BCUT2D eigenvalue weighted by molar-refractivity contribution is 5.67. The molecule has 27 heavy (non-hydrogen) atoms. The van der Waals surface area contributed by atoms with Crippen molar-refractivity contribution in [2.45, 2.75) is 13.0 Å². The standard InChI is InChI=1S/C22H20N4O/c23-21-20(7-4-12-24-21)22-25-14-18(26-22)13-16-8-10-19(11-9-16)27-15-17-5-2-1-3-6-17/h1-12,14H,13,15H2,(H2,23,24)(H,25,26). The van der Waals surface area contributed by atoms with Crippen LogP contribution in [0.3, 0.4) is 0 Å². The van der Waals surface area contributed by atoms with Crippen molar-refractivity contribution in [1.82, 2.24) is 15.0 Å². The maximum atomic E-state index is 5.92. The number of ether oxygens (including phenoxy) is 1. The molecular weight excluding hydrogens is 336 g/mol. The van der Waals surface area contributed by atoms with E-state index in [-0.39, 0.29) is 0 Å². The average molecular weight is 356 g/mol. The molecular formula is C22H20N4O. The number of pyridine rings is 1. The second-order valence-electron chi connectivity index (χ2n) is 6.29. The van der Waals surface area contributed by atoms with Gasteiger partial charge in [0, 0.05) is 24.5 Å². The third kappa shape index (κ3) is 4.15. The number of nitrogens with one attached hydrogen (secondary N) is 1. The number of anilines is 1. The molecule has 0 fully saturated rings. The maximum absolute atomic E-state index is 5.92. The van der Waals surface area contributed by atoms with Crippen LogP contribution in [0.25, 0.3) is 11.4 Å². The highest BCUT2D eigenvalue weighted by Crippen LogP contribution is 2.22. The Morgan fingerprint density at radius 2 is 1.67 bits per heavy atom. The molecule has 0 radical (unpaired) electrons. The first kappa shape index (κ1) is 16.8. The van der Waals surface area contributed by atoms with E-state index < -0.39 is 0 Å². The number of nitrogens with two attached hydrogens (primary N) is 1. The van der Waals surface area contributed by atoms with Gasteiger partial charge in [0.05, 0.1) is 5.56 Å². The van der Waals surface area contributed by atoms with Crippen LogP contribution in [0.4, 0.5) is 5.82 Å². The van der Waals surface area contributed by atoms with Crippen molar-refractivity contribution in [3.8, 4) is 17.1 Å². The SMILES string of the molecule is Nc1ncccc1-c1ncc(Cc2ccc(OCc3ccccc3)cc2)[nH]1. The van der Waals surface area contributed by atoms with E-state index in [1.165, 1.54) is 5.56 Å². The van der Waals surface area contributed by atoms with Crippen molar-refractivity contribution in [1.29, 1.82) is 0 Å². The number of hydrogen-bond acceptors (Lipinski definition) is 4. The molecule has 0 amide bonds. The van der Waals surface area contributed by atoms with Gasteiger partial charge in [-0.05, 0) is 35.4 Å². The fourth-order valence-corrected chi connectivity index (χ4v) is 2.87. The molecule has 5 nitrogen and oxygen atoms in total. The molecule has 3 N–H and O–H groups in total. The summed E-state index contributed by atoms with van der Waals surface area (Å²) in [6.07, 6.45) is 4.26. The summed E-state index contributed by atoms with van der Waals surface area (Å²) < 4.78 is 5.83. The third-order valence-corrected chi connectivity index (χ3v) is 4.29. The van der Waals surface area contributed by atoms with Crippen molar-refractivity contribution in [3.63, 3.8) is 0 Å². The lowest BCUT2D eigenvalue weighted by molar-refractivity contribution is 0.306. The van der Waals surface area contributed by atoms with Crippen LogP contribution in [0.5, 0.6) is 5.75 Å². The number of aromatic nitrogens is 3. The molecule has 0 spiro atoms. The van der Waals surface area contributed by atoms with E-state index in [1.807, 2.05) is 48.7 Å². The molecule has 2 heterocycles. The van der Waals surface area contributed by atoms with Gasteiger partial charge in [0.1, 0.15) is 24.0 Å². The van der Waals surface area contributed by atoms with Gasteiger partial charge in [0.15, 0.2) is 0 Å². The lowest BCUT2D eigenvalue weighted by Crippen LogP contribution is -1.96. The van der Waals surface area contributed by atoms with Gasteiger partial charge >= 0.3 is 0 Å². The third-order valence-electron chi connectivity index (χ3n) is 4.29. The number of nitrogen functional groups attached to an aromatic ring is 1. The van der Waals surface area contributed by atoms with Gasteiger partial charge in [0.25, 0.3) is 0 Å². The van der Waals surface area contributed by atoms with Crippen molar-refractivity contribution >= 4 is 5.82 Å². The summed E-state index contributed by atoms with van der Waals surface area (Å²) in [5.41, 5.74) is 10.1. The Bertz CT molecular complexity index is 1010. The Labute approximate surface area is 157 Å². The molecule has 4 rings (SSSR count). The van der Waals surface area contributed by atoms with Gasteiger partial charge in [-0.15, -0.1) is 0 Å². The smallest absolute Gasteiger partial charge is 0.141 e. The highest BCUT2D eigenvalue weighted by Gasteiger charge is 2.08. The number of hydrogen-bond donors (Lipinski definition) is 2. The van der Waals surface area contributed by atoms with Crippen LogP contribution in [0.1, 0.15) is 16.8 Å². The minimum Gasteiger partial charge on any atom is -0.489 e. The first-order valence-corrected chi connectivity index (χ1v) is 8.78. The number of imidazole rings is 1. The van der Waals surface area contributed by atoms with Crippen LogP contribution in [0, 0.1) is 0 Å². The number of nitrogens with zero attached hydrogens (tertiary/aromatic N) is 2. The van der Waals surface area contributed by atoms with Gasteiger partial charge in [-0.2, -0.15) is 0 Å². The molecule has 0 aliphatic carbocycles. The molecule has 0 atom stereocenters. The summed E-state index contributed by atoms with van der Waals surface area (Å²) >= 11 is 0. The van der Waals surface area contributed by atoms with Crippen molar-refractivity contribution < 1.29 is 4.74 Å². The van der Waals surface area contributed by atoms with E-state index in [0.29, 0.717) is 12.4 Å². The number of rotatable bonds is 6. The van der Waals surface area contributed by atoms with E-state index in [9.17, 15) is 0 Å². The van der Waals surface area contributed by atoms with Gasteiger partial charge in [0.2, 0.25) is 0 Å². The monoisotopic (exact) mass is 356 g/mol. The van der Waals surface area contributed by atoms with Crippen molar-refractivity contribution in [2.75, 3.05) is 5.73 Å². The molecule has 2 aromatic heterocycles. The average Bonchev–Trinajstić information content (AvgIpc) is 3.17. The minimum atomic E-state index is 0.471. The summed E-state index contributed by atoms with van der Waals surface area (Å²) in [7, 11) is 0. The van der Waals surface area contributed by atoms with Gasteiger partial charge in [-0.1, -0.05) is 42.5 Å². The number of H-pyrrole nitrogens is 1. The van der Waals surface area contributed by atoms with Crippen LogP contribution in [0.2, 0.25) is 0 Å². The van der Waals surface area contributed by atoms with Crippen LogP contribution in [-0.4, -0.2) is 15.0 Å². The Morgan fingerprint density at radius 1 is 0.852 bits per heavy atom. The topological polar surface area (TPSA) is 76.8 Å². The number of benzene rings is 2. The van der Waals surface area contributed by atoms with E-state index >= 15 is 0 Å². The second kappa shape index (κ2) is 7.74. The Hall–Kier alpha value is -3.60. The highest BCUT2D eigenvalue weighted by atomic mass is 16.5. The maximum Gasteiger partial charge on any atom is 0.141 e.